The van der Waals surface area contributed by atoms with Gasteiger partial charge in [0.1, 0.15) is 11.2 Å². The summed E-state index contributed by atoms with van der Waals surface area (Å²) in [5.41, 5.74) is 7.35. The van der Waals surface area contributed by atoms with Crippen LogP contribution in [0.1, 0.15) is 27.2 Å². The van der Waals surface area contributed by atoms with Crippen LogP contribution in [0.3, 0.4) is 0 Å². The third kappa shape index (κ3) is 3.70. The van der Waals surface area contributed by atoms with Crippen LogP contribution in [0.15, 0.2) is 24.5 Å². The first-order valence-corrected chi connectivity index (χ1v) is 10.1. The smallest absolute Gasteiger partial charge is 0.258 e. The first-order chi connectivity index (χ1) is 13.0. The van der Waals surface area contributed by atoms with Crippen molar-refractivity contribution in [1.29, 1.82) is 0 Å². The highest BCUT2D eigenvalue weighted by Gasteiger charge is 2.21. The zero-order valence-corrected chi connectivity index (χ0v) is 17.0. The predicted octanol–water partition coefficient (Wildman–Crippen LogP) is 4.12. The molecule has 1 aliphatic rings. The minimum absolute atomic E-state index is 0.102. The number of rotatable bonds is 3. The van der Waals surface area contributed by atoms with Crippen LogP contribution < -0.4 is 16.2 Å². The molecular formula is C17H13Cl2N5OS2. The second-order valence-corrected chi connectivity index (χ2v) is 8.25. The third-order valence-corrected chi connectivity index (χ3v) is 6.15. The Morgan fingerprint density at radius 1 is 1.22 bits per heavy atom. The van der Waals surface area contributed by atoms with Crippen molar-refractivity contribution in [3.63, 3.8) is 0 Å². The fourth-order valence-electron chi connectivity index (χ4n) is 3.01. The number of hydrogen-bond acceptors (Lipinski definition) is 6. The first-order valence-electron chi connectivity index (χ1n) is 8.10. The van der Waals surface area contributed by atoms with Crippen LogP contribution in [0.4, 0.5) is 5.82 Å². The maximum atomic E-state index is 12.3. The number of nitrogens with zero attached hydrogens (tertiary/aromatic N) is 2. The number of thiocarbonyl (C=S) groups is 1. The van der Waals surface area contributed by atoms with Gasteiger partial charge in [0.05, 0.1) is 16.0 Å². The first kappa shape index (κ1) is 18.4. The third-order valence-electron chi connectivity index (χ3n) is 4.20. The number of anilines is 1. The maximum absolute atomic E-state index is 12.3. The van der Waals surface area contributed by atoms with Gasteiger partial charge in [-0.05, 0) is 55.2 Å². The van der Waals surface area contributed by atoms with Crippen molar-refractivity contribution in [1.82, 2.24) is 20.7 Å². The highest BCUT2D eigenvalue weighted by molar-refractivity contribution is 7.80. The summed E-state index contributed by atoms with van der Waals surface area (Å²) in [6, 6.07) is 4.63. The molecule has 0 atom stereocenters. The maximum Gasteiger partial charge on any atom is 0.258 e. The Hall–Kier alpha value is -2.00. The SMILES string of the molecule is O=C(NC(=S)NNc1ncnc2sc3c(c12)CCC3)c1ccc(Cl)cc1Cl. The highest BCUT2D eigenvalue weighted by Crippen LogP contribution is 2.38. The molecule has 0 radical (unpaired) electrons. The van der Waals surface area contributed by atoms with E-state index in [-0.39, 0.29) is 15.7 Å². The number of halogens is 2. The number of hydrazine groups is 1. The Bertz CT molecular complexity index is 1070. The molecule has 2 aromatic heterocycles. The normalized spacial score (nSPS) is 12.7. The van der Waals surface area contributed by atoms with Crippen molar-refractivity contribution in [2.75, 3.05) is 5.43 Å². The number of thiophene rings is 1. The number of amides is 1. The molecule has 27 heavy (non-hydrogen) atoms. The van der Waals surface area contributed by atoms with Crippen molar-refractivity contribution < 1.29 is 4.79 Å². The second-order valence-electron chi connectivity index (χ2n) is 5.92. The van der Waals surface area contributed by atoms with Crippen LogP contribution in [0.5, 0.6) is 0 Å². The molecule has 10 heteroatoms. The summed E-state index contributed by atoms with van der Waals surface area (Å²) in [4.78, 5) is 23.3. The number of aromatic nitrogens is 2. The lowest BCUT2D eigenvalue weighted by Gasteiger charge is -2.12. The summed E-state index contributed by atoms with van der Waals surface area (Å²) >= 11 is 18.8. The molecule has 3 N–H and O–H groups in total. The van der Waals surface area contributed by atoms with Gasteiger partial charge in [0.2, 0.25) is 0 Å². The van der Waals surface area contributed by atoms with Gasteiger partial charge in [-0.2, -0.15) is 0 Å². The van der Waals surface area contributed by atoms with Crippen LogP contribution in [-0.2, 0) is 12.8 Å². The molecule has 0 bridgehead atoms. The lowest BCUT2D eigenvalue weighted by Crippen LogP contribution is -2.42. The molecule has 0 fully saturated rings. The van der Waals surface area contributed by atoms with E-state index in [4.69, 9.17) is 35.4 Å². The van der Waals surface area contributed by atoms with E-state index in [2.05, 4.69) is 26.1 Å². The van der Waals surface area contributed by atoms with Crippen LogP contribution in [0.25, 0.3) is 10.2 Å². The molecule has 0 saturated carbocycles. The molecule has 0 saturated heterocycles. The lowest BCUT2D eigenvalue weighted by atomic mass is 10.2. The average molecular weight is 438 g/mol. The molecule has 4 rings (SSSR count). The molecule has 2 heterocycles. The molecule has 0 spiro atoms. The molecule has 0 aliphatic heterocycles. The summed E-state index contributed by atoms with van der Waals surface area (Å²) in [6.45, 7) is 0. The van der Waals surface area contributed by atoms with Gasteiger partial charge in [0.25, 0.3) is 5.91 Å². The zero-order valence-electron chi connectivity index (χ0n) is 13.8. The minimum atomic E-state index is -0.430. The summed E-state index contributed by atoms with van der Waals surface area (Å²) in [5, 5.41) is 4.39. The molecule has 1 amide bonds. The van der Waals surface area contributed by atoms with E-state index in [0.29, 0.717) is 10.8 Å². The van der Waals surface area contributed by atoms with Gasteiger partial charge >= 0.3 is 0 Å². The number of benzene rings is 1. The number of nitrogens with one attached hydrogen (secondary N) is 3. The Labute approximate surface area is 174 Å². The number of carbonyl (C=O) groups is 1. The van der Waals surface area contributed by atoms with Gasteiger partial charge < -0.3 is 0 Å². The van der Waals surface area contributed by atoms with Gasteiger partial charge in [-0.25, -0.2) is 9.97 Å². The number of fused-ring (bicyclic) bond motifs is 3. The van der Waals surface area contributed by atoms with Gasteiger partial charge in [0, 0.05) is 9.90 Å². The molecule has 0 unspecified atom stereocenters. The predicted molar refractivity (Wildman–Crippen MR) is 113 cm³/mol. The van der Waals surface area contributed by atoms with E-state index < -0.39 is 5.91 Å². The Morgan fingerprint density at radius 3 is 2.89 bits per heavy atom. The Balaban J connectivity index is 1.45. The monoisotopic (exact) mass is 437 g/mol. The summed E-state index contributed by atoms with van der Waals surface area (Å²) in [6.07, 6.45) is 4.76. The largest absolute Gasteiger partial charge is 0.298 e. The number of carbonyl (C=O) groups excluding carboxylic acids is 1. The van der Waals surface area contributed by atoms with Crippen LogP contribution in [0, 0.1) is 0 Å². The van der Waals surface area contributed by atoms with Gasteiger partial charge in [0.15, 0.2) is 10.9 Å². The van der Waals surface area contributed by atoms with Crippen molar-refractivity contribution in [3.8, 4) is 0 Å². The van der Waals surface area contributed by atoms with E-state index >= 15 is 0 Å². The highest BCUT2D eigenvalue weighted by atomic mass is 35.5. The fraction of sp³-hybridized carbons (Fsp3) is 0.176. The summed E-state index contributed by atoms with van der Waals surface area (Å²) < 4.78 is 0. The van der Waals surface area contributed by atoms with E-state index in [0.717, 1.165) is 29.5 Å². The van der Waals surface area contributed by atoms with Gasteiger partial charge in [-0.1, -0.05) is 23.2 Å². The van der Waals surface area contributed by atoms with Crippen molar-refractivity contribution in [3.05, 3.63) is 50.6 Å². The van der Waals surface area contributed by atoms with E-state index in [1.807, 2.05) is 0 Å². The van der Waals surface area contributed by atoms with E-state index in [9.17, 15) is 4.79 Å². The fourth-order valence-corrected chi connectivity index (χ4v) is 4.88. The van der Waals surface area contributed by atoms with Crippen LogP contribution >= 0.6 is 46.8 Å². The molecule has 1 aliphatic carbocycles. The molecule has 6 nitrogen and oxygen atoms in total. The topological polar surface area (TPSA) is 78.9 Å². The molecule has 3 aromatic rings. The number of hydrogen-bond donors (Lipinski definition) is 3. The van der Waals surface area contributed by atoms with Crippen LogP contribution in [-0.4, -0.2) is 21.0 Å². The van der Waals surface area contributed by atoms with Crippen molar-refractivity contribution in [2.45, 2.75) is 19.3 Å². The number of aryl methyl sites for hydroxylation is 2. The van der Waals surface area contributed by atoms with E-state index in [1.165, 1.54) is 22.8 Å². The lowest BCUT2D eigenvalue weighted by molar-refractivity contribution is 0.0977. The minimum Gasteiger partial charge on any atom is -0.298 e. The second kappa shape index (κ2) is 7.55. The summed E-state index contributed by atoms with van der Waals surface area (Å²) in [7, 11) is 0. The van der Waals surface area contributed by atoms with Crippen molar-refractivity contribution >= 4 is 73.8 Å². The van der Waals surface area contributed by atoms with Crippen molar-refractivity contribution in [2.24, 2.45) is 0 Å². The van der Waals surface area contributed by atoms with Gasteiger partial charge in [-0.3, -0.25) is 21.0 Å². The summed E-state index contributed by atoms with van der Waals surface area (Å²) in [5.74, 6) is 0.209. The van der Waals surface area contributed by atoms with Crippen LogP contribution in [0.2, 0.25) is 10.0 Å². The Kier molecular flexibility index (Phi) is 5.14. The molecular weight excluding hydrogens is 425 g/mol. The Morgan fingerprint density at radius 2 is 2.07 bits per heavy atom. The molecule has 138 valence electrons. The standard InChI is InChI=1S/C17H13Cl2N5OS2/c18-8-4-5-9(11(19)6-8)15(25)22-17(26)24-23-14-13-10-2-1-3-12(10)27-16(13)21-7-20-14/h4-7H,1-3H2,(H,20,21,23)(H2,22,24,25,26). The quantitative estimate of drug-likeness (QED) is 0.422. The average Bonchev–Trinajstić information content (AvgIpc) is 3.20. The van der Waals surface area contributed by atoms with Gasteiger partial charge in [-0.15, -0.1) is 11.3 Å². The van der Waals surface area contributed by atoms with E-state index in [1.54, 1.807) is 23.5 Å². The zero-order chi connectivity index (χ0) is 19.0. The molecule has 1 aromatic carbocycles.